The van der Waals surface area contributed by atoms with E-state index in [0.717, 1.165) is 19.3 Å². The average molecular weight is 282 g/mol. The summed E-state index contributed by atoms with van der Waals surface area (Å²) in [6.07, 6.45) is 1.79. The molecule has 1 aliphatic carbocycles. The number of aliphatic hydroxyl groups is 1. The third-order valence-electron chi connectivity index (χ3n) is 6.10. The van der Waals surface area contributed by atoms with Gasteiger partial charge in [-0.2, -0.15) is 0 Å². The van der Waals surface area contributed by atoms with E-state index in [1.165, 1.54) is 0 Å². The molecule has 8 atom stereocenters. The van der Waals surface area contributed by atoms with Crippen molar-refractivity contribution in [3.05, 3.63) is 0 Å². The molecule has 0 amide bonds. The van der Waals surface area contributed by atoms with E-state index in [-0.39, 0.29) is 29.8 Å². The molecule has 3 saturated heterocycles. The lowest BCUT2D eigenvalue weighted by Crippen LogP contribution is -2.66. The number of fused-ring (bicyclic) bond motifs is 1. The van der Waals surface area contributed by atoms with Gasteiger partial charge in [-0.3, -0.25) is 4.79 Å². The first-order valence-electron chi connectivity index (χ1n) is 7.64. The molecule has 4 rings (SSSR count). The molecule has 3 heterocycles. The van der Waals surface area contributed by atoms with Gasteiger partial charge in [-0.15, -0.1) is 0 Å². The fourth-order valence-electron chi connectivity index (χ4n) is 4.67. The first-order valence-corrected chi connectivity index (χ1v) is 7.64. The zero-order valence-corrected chi connectivity index (χ0v) is 12.2. The van der Waals surface area contributed by atoms with E-state index in [0.29, 0.717) is 5.92 Å². The quantitative estimate of drug-likeness (QED) is 0.538. The number of ether oxygens (including phenoxy) is 3. The maximum Gasteiger partial charge on any atom is 0.311 e. The Balaban J connectivity index is 1.79. The minimum absolute atomic E-state index is 0.0114. The molecule has 0 radical (unpaired) electrons. The second kappa shape index (κ2) is 3.76. The zero-order chi connectivity index (χ0) is 14.3. The van der Waals surface area contributed by atoms with Crippen LogP contribution in [0, 0.1) is 23.7 Å². The number of hydrogen-bond acceptors (Lipinski definition) is 5. The highest BCUT2D eigenvalue weighted by Gasteiger charge is 2.70. The van der Waals surface area contributed by atoms with E-state index in [1.807, 2.05) is 13.8 Å². The van der Waals surface area contributed by atoms with Gasteiger partial charge in [0, 0.05) is 5.92 Å². The molecular weight excluding hydrogens is 260 g/mol. The predicted octanol–water partition coefficient (Wildman–Crippen LogP) is 1.43. The van der Waals surface area contributed by atoms with Gasteiger partial charge in [0.25, 0.3) is 0 Å². The number of hydrogen-bond donors (Lipinski definition) is 1. The summed E-state index contributed by atoms with van der Waals surface area (Å²) >= 11 is 0. The van der Waals surface area contributed by atoms with Gasteiger partial charge in [0.15, 0.2) is 5.79 Å². The van der Waals surface area contributed by atoms with E-state index >= 15 is 0 Å². The third kappa shape index (κ3) is 1.46. The summed E-state index contributed by atoms with van der Waals surface area (Å²) in [4.78, 5) is 12.1. The van der Waals surface area contributed by atoms with Gasteiger partial charge >= 0.3 is 5.97 Å². The standard InChI is InChI=1S/C15H22O5/c1-7-4-5-9-8(2)12(16)18-13-15(9,17)10(7)6-11-14(3,19-11)20-13/h7-11,13,17H,4-6H2,1-3H3/t7?,8-,9?,10?,11?,13?,14?,15?/m1/s1. The fourth-order valence-corrected chi connectivity index (χ4v) is 4.67. The average Bonchev–Trinajstić information content (AvgIpc) is 3.02. The van der Waals surface area contributed by atoms with Crippen LogP contribution in [-0.4, -0.2) is 34.9 Å². The SMILES string of the molecule is CC1CCC2[C@@H](C)C(=O)OC3OC4(C)OC4CC1C32O. The second-order valence-corrected chi connectivity index (χ2v) is 7.19. The smallest absolute Gasteiger partial charge is 0.311 e. The number of carbonyl (C=O) groups is 1. The van der Waals surface area contributed by atoms with Crippen molar-refractivity contribution in [2.24, 2.45) is 23.7 Å². The molecule has 112 valence electrons. The van der Waals surface area contributed by atoms with Crippen LogP contribution in [0.4, 0.5) is 0 Å². The van der Waals surface area contributed by atoms with Crippen molar-refractivity contribution in [2.75, 3.05) is 0 Å². The molecule has 3 aliphatic heterocycles. The maximum atomic E-state index is 12.1. The minimum Gasteiger partial charge on any atom is -0.432 e. The molecule has 20 heavy (non-hydrogen) atoms. The first kappa shape index (κ1) is 13.0. The molecule has 5 heteroatoms. The van der Waals surface area contributed by atoms with E-state index in [9.17, 15) is 9.90 Å². The van der Waals surface area contributed by atoms with E-state index < -0.39 is 17.7 Å². The molecule has 1 saturated carbocycles. The van der Waals surface area contributed by atoms with Crippen molar-refractivity contribution in [1.29, 1.82) is 0 Å². The van der Waals surface area contributed by atoms with Crippen molar-refractivity contribution in [2.45, 2.75) is 63.8 Å². The third-order valence-corrected chi connectivity index (χ3v) is 6.10. The molecule has 5 nitrogen and oxygen atoms in total. The van der Waals surface area contributed by atoms with Crippen LogP contribution in [0.25, 0.3) is 0 Å². The van der Waals surface area contributed by atoms with Crippen LogP contribution in [0.2, 0.25) is 0 Å². The van der Waals surface area contributed by atoms with Crippen LogP contribution in [0.3, 0.4) is 0 Å². The van der Waals surface area contributed by atoms with Crippen molar-refractivity contribution in [3.8, 4) is 0 Å². The number of carbonyl (C=O) groups excluding carboxylic acids is 1. The van der Waals surface area contributed by atoms with Gasteiger partial charge in [0.05, 0.1) is 5.92 Å². The van der Waals surface area contributed by atoms with E-state index in [1.54, 1.807) is 0 Å². The molecule has 0 aromatic heterocycles. The minimum atomic E-state index is -1.06. The summed E-state index contributed by atoms with van der Waals surface area (Å²) in [5.74, 6) is -0.841. The molecule has 4 aliphatic rings. The molecular formula is C15H22O5. The normalized spacial score (nSPS) is 60.9. The van der Waals surface area contributed by atoms with Gasteiger partial charge in [0.2, 0.25) is 6.29 Å². The molecule has 0 bridgehead atoms. The monoisotopic (exact) mass is 282 g/mol. The fraction of sp³-hybridized carbons (Fsp3) is 0.933. The summed E-state index contributed by atoms with van der Waals surface area (Å²) in [5, 5.41) is 11.4. The van der Waals surface area contributed by atoms with Crippen LogP contribution >= 0.6 is 0 Å². The summed E-state index contributed by atoms with van der Waals surface area (Å²) in [7, 11) is 0. The van der Waals surface area contributed by atoms with Crippen LogP contribution in [-0.2, 0) is 19.0 Å². The van der Waals surface area contributed by atoms with Gasteiger partial charge in [-0.1, -0.05) is 13.8 Å². The van der Waals surface area contributed by atoms with Gasteiger partial charge in [-0.05, 0) is 38.0 Å². The number of epoxide rings is 1. The Morgan fingerprint density at radius 1 is 1.20 bits per heavy atom. The molecule has 0 spiro atoms. The topological polar surface area (TPSA) is 68.3 Å². The molecule has 7 unspecified atom stereocenters. The Labute approximate surface area is 118 Å². The van der Waals surface area contributed by atoms with Crippen molar-refractivity contribution in [1.82, 2.24) is 0 Å². The number of rotatable bonds is 0. The molecule has 1 N–H and O–H groups in total. The highest BCUT2D eigenvalue weighted by Crippen LogP contribution is 2.58. The van der Waals surface area contributed by atoms with Gasteiger partial charge in [0.1, 0.15) is 11.7 Å². The van der Waals surface area contributed by atoms with Crippen LogP contribution in [0.1, 0.15) is 40.0 Å². The Bertz CT molecular complexity index is 465. The maximum absolute atomic E-state index is 12.1. The van der Waals surface area contributed by atoms with E-state index in [2.05, 4.69) is 6.92 Å². The van der Waals surface area contributed by atoms with Crippen molar-refractivity contribution >= 4 is 5.97 Å². The number of esters is 1. The Morgan fingerprint density at radius 3 is 2.70 bits per heavy atom. The van der Waals surface area contributed by atoms with Crippen LogP contribution in [0.15, 0.2) is 0 Å². The lowest BCUT2D eigenvalue weighted by Gasteiger charge is -2.54. The van der Waals surface area contributed by atoms with Crippen LogP contribution < -0.4 is 0 Å². The molecule has 4 fully saturated rings. The highest BCUT2D eigenvalue weighted by molar-refractivity contribution is 5.74. The highest BCUT2D eigenvalue weighted by atomic mass is 16.8. The lowest BCUT2D eigenvalue weighted by atomic mass is 9.58. The zero-order valence-electron chi connectivity index (χ0n) is 12.2. The second-order valence-electron chi connectivity index (χ2n) is 7.19. The predicted molar refractivity (Wildman–Crippen MR) is 68.4 cm³/mol. The Hall–Kier alpha value is -0.650. The first-order chi connectivity index (χ1) is 9.36. The van der Waals surface area contributed by atoms with Crippen molar-refractivity contribution in [3.63, 3.8) is 0 Å². The van der Waals surface area contributed by atoms with Gasteiger partial charge < -0.3 is 19.3 Å². The molecule has 0 aromatic carbocycles. The molecule has 0 aromatic rings. The van der Waals surface area contributed by atoms with Crippen molar-refractivity contribution < 1.29 is 24.1 Å². The lowest BCUT2D eigenvalue weighted by molar-refractivity contribution is -0.323. The van der Waals surface area contributed by atoms with Gasteiger partial charge in [-0.25, -0.2) is 0 Å². The summed E-state index contributed by atoms with van der Waals surface area (Å²) in [6.45, 7) is 5.89. The largest absolute Gasteiger partial charge is 0.432 e. The van der Waals surface area contributed by atoms with Crippen LogP contribution in [0.5, 0.6) is 0 Å². The summed E-state index contributed by atoms with van der Waals surface area (Å²) in [5.41, 5.74) is -1.06. The summed E-state index contributed by atoms with van der Waals surface area (Å²) < 4.78 is 16.9. The summed E-state index contributed by atoms with van der Waals surface area (Å²) in [6, 6.07) is 0. The Morgan fingerprint density at radius 2 is 1.95 bits per heavy atom. The Kier molecular flexibility index (Phi) is 2.45. The van der Waals surface area contributed by atoms with E-state index in [4.69, 9.17) is 14.2 Å².